The number of benzene rings is 2. The quantitative estimate of drug-likeness (QED) is 0.461. The van der Waals surface area contributed by atoms with E-state index in [0.717, 1.165) is 54.8 Å². The van der Waals surface area contributed by atoms with Gasteiger partial charge in [0.05, 0.1) is 23.1 Å². The van der Waals surface area contributed by atoms with Gasteiger partial charge in [-0.3, -0.25) is 4.79 Å². The van der Waals surface area contributed by atoms with Crippen molar-refractivity contribution >= 4 is 28.5 Å². The molecule has 1 aromatic heterocycles. The van der Waals surface area contributed by atoms with Crippen LogP contribution in [0.15, 0.2) is 36.4 Å². The van der Waals surface area contributed by atoms with Crippen molar-refractivity contribution in [2.45, 2.75) is 46.2 Å². The lowest BCUT2D eigenvalue weighted by Crippen LogP contribution is -2.33. The van der Waals surface area contributed by atoms with Gasteiger partial charge in [-0.05, 0) is 43.2 Å². The zero-order valence-corrected chi connectivity index (χ0v) is 17.3. The summed E-state index contributed by atoms with van der Waals surface area (Å²) in [6.07, 6.45) is 2.55. The monoisotopic (exact) mass is 419 g/mol. The molecule has 1 amide bonds. The molecule has 0 radical (unpaired) electrons. The number of unbranched alkanes of at least 4 members (excludes halogenated alkanes) is 1. The third-order valence-electron chi connectivity index (χ3n) is 4.80. The third-order valence-corrected chi connectivity index (χ3v) is 5.03. The number of carbonyl (C=O) groups is 1. The van der Waals surface area contributed by atoms with Gasteiger partial charge in [0.25, 0.3) is 5.91 Å². The first-order valence-electron chi connectivity index (χ1n) is 9.83. The third kappa shape index (κ3) is 4.75. The number of carbonyl (C=O) groups excluding carboxylic acids is 1. The minimum Gasteiger partial charge on any atom is -0.331 e. The summed E-state index contributed by atoms with van der Waals surface area (Å²) in [4.78, 5) is 19.3. The molecule has 0 aliphatic heterocycles. The molecule has 1 heterocycles. The lowest BCUT2D eigenvalue weighted by Gasteiger charge is -2.23. The predicted octanol–water partition coefficient (Wildman–Crippen LogP) is 5.82. The van der Waals surface area contributed by atoms with Gasteiger partial charge in [0.15, 0.2) is 0 Å². The predicted molar refractivity (Wildman–Crippen MR) is 111 cm³/mol. The van der Waals surface area contributed by atoms with Crippen LogP contribution in [0.3, 0.4) is 0 Å². The van der Waals surface area contributed by atoms with Gasteiger partial charge in [0.1, 0.15) is 17.5 Å². The molecule has 2 aromatic carbocycles. The fourth-order valence-corrected chi connectivity index (χ4v) is 3.51. The van der Waals surface area contributed by atoms with Gasteiger partial charge in [-0.25, -0.2) is 13.8 Å². The molecule has 0 N–H and O–H groups in total. The summed E-state index contributed by atoms with van der Waals surface area (Å²) in [5, 5.41) is 0.619. The van der Waals surface area contributed by atoms with Crippen LogP contribution in [0.1, 0.15) is 49.3 Å². The molecule has 3 aromatic rings. The van der Waals surface area contributed by atoms with E-state index < -0.39 is 17.5 Å². The molecular formula is C22H24ClF2N3O. The second-order valence-corrected chi connectivity index (χ2v) is 7.45. The molecule has 0 atom stereocenters. The van der Waals surface area contributed by atoms with Crippen molar-refractivity contribution in [1.82, 2.24) is 14.5 Å². The number of rotatable bonds is 8. The van der Waals surface area contributed by atoms with E-state index in [1.807, 2.05) is 19.1 Å². The van der Waals surface area contributed by atoms with Crippen LogP contribution in [0.4, 0.5) is 8.78 Å². The van der Waals surface area contributed by atoms with Crippen molar-refractivity contribution in [1.29, 1.82) is 0 Å². The van der Waals surface area contributed by atoms with Crippen LogP contribution in [-0.4, -0.2) is 26.9 Å². The Balaban J connectivity index is 1.98. The fourth-order valence-electron chi connectivity index (χ4n) is 3.34. The van der Waals surface area contributed by atoms with Crippen LogP contribution in [0.2, 0.25) is 5.02 Å². The molecule has 4 nitrogen and oxygen atoms in total. The van der Waals surface area contributed by atoms with Crippen molar-refractivity contribution in [3.63, 3.8) is 0 Å². The number of imidazole rings is 1. The lowest BCUT2D eigenvalue weighted by atomic mass is 10.1. The van der Waals surface area contributed by atoms with Crippen molar-refractivity contribution < 1.29 is 13.6 Å². The highest BCUT2D eigenvalue weighted by Gasteiger charge is 2.22. The minimum atomic E-state index is -0.856. The van der Waals surface area contributed by atoms with E-state index in [2.05, 4.69) is 16.5 Å². The Morgan fingerprint density at radius 1 is 1.14 bits per heavy atom. The van der Waals surface area contributed by atoms with Crippen LogP contribution in [0.25, 0.3) is 11.0 Å². The van der Waals surface area contributed by atoms with Crippen LogP contribution >= 0.6 is 11.6 Å². The standard InChI is InChI=1S/C22H24ClF2N3O/c1-3-5-11-27(22(29)17-8-7-16(24)13-18(17)25)14-21-26-19-9-6-15(23)12-20(19)28(21)10-4-2/h6-9,12-13H,3-5,10-11,14H2,1-2H3. The number of fused-ring (bicyclic) bond motifs is 1. The summed E-state index contributed by atoms with van der Waals surface area (Å²) >= 11 is 6.16. The fraction of sp³-hybridized carbons (Fsp3) is 0.364. The van der Waals surface area contributed by atoms with Crippen LogP contribution in [0, 0.1) is 11.6 Å². The van der Waals surface area contributed by atoms with Gasteiger partial charge in [-0.1, -0.05) is 31.9 Å². The Morgan fingerprint density at radius 3 is 2.62 bits per heavy atom. The summed E-state index contributed by atoms with van der Waals surface area (Å²) in [5.41, 5.74) is 1.57. The second-order valence-electron chi connectivity index (χ2n) is 7.02. The Kier molecular flexibility index (Phi) is 6.85. The molecule has 29 heavy (non-hydrogen) atoms. The number of hydrogen-bond acceptors (Lipinski definition) is 2. The molecule has 7 heteroatoms. The molecule has 0 spiro atoms. The molecule has 0 aliphatic rings. The Bertz CT molecular complexity index is 1020. The van der Waals surface area contributed by atoms with Gasteiger partial charge in [-0.15, -0.1) is 0 Å². The molecule has 0 unspecified atom stereocenters. The molecule has 0 bridgehead atoms. The Hall–Kier alpha value is -2.47. The summed E-state index contributed by atoms with van der Waals surface area (Å²) < 4.78 is 29.5. The largest absolute Gasteiger partial charge is 0.331 e. The summed E-state index contributed by atoms with van der Waals surface area (Å²) in [6, 6.07) is 8.53. The average Bonchev–Trinajstić information content (AvgIpc) is 3.01. The van der Waals surface area contributed by atoms with Crippen LogP contribution in [0.5, 0.6) is 0 Å². The maximum Gasteiger partial charge on any atom is 0.257 e. The van der Waals surface area contributed by atoms with Crippen molar-refractivity contribution in [2.75, 3.05) is 6.54 Å². The van der Waals surface area contributed by atoms with Gasteiger partial charge in [0, 0.05) is 24.2 Å². The SMILES string of the molecule is CCCCN(Cc1nc2ccc(Cl)cc2n1CCC)C(=O)c1ccc(F)cc1F. The van der Waals surface area contributed by atoms with Crippen molar-refractivity contribution in [3.05, 3.63) is 64.4 Å². The van der Waals surface area contributed by atoms with Gasteiger partial charge >= 0.3 is 0 Å². The van der Waals surface area contributed by atoms with Crippen LogP contribution in [-0.2, 0) is 13.1 Å². The van der Waals surface area contributed by atoms with E-state index in [1.54, 1.807) is 11.0 Å². The van der Waals surface area contributed by atoms with E-state index >= 15 is 0 Å². The Morgan fingerprint density at radius 2 is 1.93 bits per heavy atom. The highest BCUT2D eigenvalue weighted by Crippen LogP contribution is 2.23. The van der Waals surface area contributed by atoms with E-state index in [-0.39, 0.29) is 12.1 Å². The first-order valence-corrected chi connectivity index (χ1v) is 10.2. The first-order chi connectivity index (χ1) is 13.9. The van der Waals surface area contributed by atoms with E-state index in [9.17, 15) is 13.6 Å². The number of amides is 1. The molecule has 3 rings (SSSR count). The number of halogens is 3. The first kappa shape index (κ1) is 21.2. The van der Waals surface area contributed by atoms with Crippen molar-refractivity contribution in [2.24, 2.45) is 0 Å². The number of aryl methyl sites for hydroxylation is 1. The van der Waals surface area contributed by atoms with E-state index in [1.165, 1.54) is 6.07 Å². The molecule has 154 valence electrons. The normalized spacial score (nSPS) is 11.2. The van der Waals surface area contributed by atoms with E-state index in [4.69, 9.17) is 11.6 Å². The molecule has 0 saturated heterocycles. The smallest absolute Gasteiger partial charge is 0.257 e. The lowest BCUT2D eigenvalue weighted by molar-refractivity contribution is 0.0730. The van der Waals surface area contributed by atoms with E-state index in [0.29, 0.717) is 11.6 Å². The molecule has 0 saturated carbocycles. The zero-order valence-electron chi connectivity index (χ0n) is 16.6. The summed E-state index contributed by atoms with van der Waals surface area (Å²) in [7, 11) is 0. The zero-order chi connectivity index (χ0) is 21.0. The maximum absolute atomic E-state index is 14.2. The highest BCUT2D eigenvalue weighted by atomic mass is 35.5. The maximum atomic E-state index is 14.2. The molecule has 0 aliphatic carbocycles. The van der Waals surface area contributed by atoms with Gasteiger partial charge in [0.2, 0.25) is 0 Å². The Labute approximate surface area is 174 Å². The minimum absolute atomic E-state index is 0.135. The number of aromatic nitrogens is 2. The van der Waals surface area contributed by atoms with Crippen molar-refractivity contribution in [3.8, 4) is 0 Å². The summed E-state index contributed by atoms with van der Waals surface area (Å²) in [5.74, 6) is -1.31. The second kappa shape index (κ2) is 9.35. The molecule has 0 fully saturated rings. The average molecular weight is 420 g/mol. The van der Waals surface area contributed by atoms with Crippen LogP contribution < -0.4 is 0 Å². The molecular weight excluding hydrogens is 396 g/mol. The summed E-state index contributed by atoms with van der Waals surface area (Å²) in [6.45, 7) is 5.51. The highest BCUT2D eigenvalue weighted by molar-refractivity contribution is 6.31. The van der Waals surface area contributed by atoms with Gasteiger partial charge in [-0.2, -0.15) is 0 Å². The number of nitrogens with zero attached hydrogens (tertiary/aromatic N) is 3. The topological polar surface area (TPSA) is 38.1 Å². The number of hydrogen-bond donors (Lipinski definition) is 0. The van der Waals surface area contributed by atoms with Gasteiger partial charge < -0.3 is 9.47 Å².